The Morgan fingerprint density at radius 3 is 2.73 bits per heavy atom. The fourth-order valence-electron chi connectivity index (χ4n) is 2.55. The van der Waals surface area contributed by atoms with Gasteiger partial charge in [0, 0.05) is 26.5 Å². The van der Waals surface area contributed by atoms with Gasteiger partial charge in [-0.1, -0.05) is 0 Å². The second-order valence-corrected chi connectivity index (χ2v) is 7.09. The first kappa shape index (κ1) is 17.0. The summed E-state index contributed by atoms with van der Waals surface area (Å²) in [5, 5.41) is 4.84. The number of carbonyl (C=O) groups is 2. The van der Waals surface area contributed by atoms with Gasteiger partial charge in [-0.05, 0) is 49.7 Å². The number of thiophene rings is 1. The number of urea groups is 1. The zero-order chi connectivity index (χ0) is 16.4. The van der Waals surface area contributed by atoms with E-state index in [1.54, 1.807) is 18.7 Å². The summed E-state index contributed by atoms with van der Waals surface area (Å²) in [7, 11) is 0. The number of rotatable bonds is 4. The number of hydrogen-bond donors (Lipinski definition) is 1. The molecule has 1 atom stereocenters. The molecule has 2 heterocycles. The lowest BCUT2D eigenvalue weighted by atomic mass is 10.00. The largest absolute Gasteiger partial charge is 0.463 e. The third-order valence-electron chi connectivity index (χ3n) is 3.41. The maximum atomic E-state index is 12.4. The lowest BCUT2D eigenvalue weighted by Gasteiger charge is -2.37. The van der Waals surface area contributed by atoms with Gasteiger partial charge in [-0.15, -0.1) is 11.3 Å². The molecule has 120 valence electrons. The van der Waals surface area contributed by atoms with E-state index in [1.165, 1.54) is 11.3 Å². The normalized spacial score (nSPS) is 18.7. The first-order chi connectivity index (χ1) is 10.4. The molecule has 7 heteroatoms. The van der Waals surface area contributed by atoms with E-state index in [1.807, 2.05) is 25.3 Å². The van der Waals surface area contributed by atoms with Crippen LogP contribution in [0.2, 0.25) is 0 Å². The molecule has 0 spiro atoms. The van der Waals surface area contributed by atoms with E-state index in [0.29, 0.717) is 17.9 Å². The van der Waals surface area contributed by atoms with E-state index in [4.69, 9.17) is 4.74 Å². The Balaban J connectivity index is 2.52. The second-order valence-electron chi connectivity index (χ2n) is 5.23. The number of halogens is 1. The Hall–Kier alpha value is -1.34. The highest BCUT2D eigenvalue weighted by Gasteiger charge is 2.37. The van der Waals surface area contributed by atoms with Gasteiger partial charge < -0.3 is 10.1 Å². The van der Waals surface area contributed by atoms with Crippen molar-refractivity contribution in [1.82, 2.24) is 10.2 Å². The minimum atomic E-state index is -0.474. The maximum Gasteiger partial charge on any atom is 0.338 e. The smallest absolute Gasteiger partial charge is 0.338 e. The van der Waals surface area contributed by atoms with Crippen LogP contribution < -0.4 is 5.32 Å². The fourth-order valence-corrected chi connectivity index (χ4v) is 4.05. The molecule has 2 amide bonds. The van der Waals surface area contributed by atoms with Crippen LogP contribution in [0.15, 0.2) is 27.2 Å². The van der Waals surface area contributed by atoms with Crippen LogP contribution in [0.1, 0.15) is 38.6 Å². The van der Waals surface area contributed by atoms with E-state index in [2.05, 4.69) is 21.2 Å². The molecule has 0 aliphatic carbocycles. The van der Waals surface area contributed by atoms with Gasteiger partial charge in [-0.3, -0.25) is 4.90 Å². The predicted molar refractivity (Wildman–Crippen MR) is 89.6 cm³/mol. The van der Waals surface area contributed by atoms with Gasteiger partial charge in [-0.2, -0.15) is 0 Å². The highest BCUT2D eigenvalue weighted by Crippen LogP contribution is 2.36. The van der Waals surface area contributed by atoms with Gasteiger partial charge in [0.25, 0.3) is 0 Å². The zero-order valence-electron chi connectivity index (χ0n) is 13.0. The molecule has 0 saturated heterocycles. The van der Waals surface area contributed by atoms with Gasteiger partial charge in [0.2, 0.25) is 0 Å². The van der Waals surface area contributed by atoms with Crippen LogP contribution in [0.4, 0.5) is 4.79 Å². The predicted octanol–water partition coefficient (Wildman–Crippen LogP) is 3.82. The Bertz CT molecular complexity index is 624. The van der Waals surface area contributed by atoms with E-state index >= 15 is 0 Å². The first-order valence-electron chi connectivity index (χ1n) is 7.08. The number of allylic oxidation sites excluding steroid dienone is 1. The number of amides is 2. The molecule has 5 nitrogen and oxygen atoms in total. The molecule has 0 radical (unpaired) electrons. The average Bonchev–Trinajstić information content (AvgIpc) is 2.84. The molecule has 1 aromatic heterocycles. The molecule has 0 unspecified atom stereocenters. The molecule has 1 aliphatic heterocycles. The van der Waals surface area contributed by atoms with Crippen LogP contribution in [-0.4, -0.2) is 29.5 Å². The number of esters is 1. The van der Waals surface area contributed by atoms with Gasteiger partial charge in [0.05, 0.1) is 18.2 Å². The summed E-state index contributed by atoms with van der Waals surface area (Å²) in [5.41, 5.74) is 1.14. The molecule has 0 aromatic carbocycles. The summed E-state index contributed by atoms with van der Waals surface area (Å²) in [4.78, 5) is 27.3. The quantitative estimate of drug-likeness (QED) is 0.799. The van der Waals surface area contributed by atoms with Crippen molar-refractivity contribution in [2.75, 3.05) is 6.61 Å². The van der Waals surface area contributed by atoms with Crippen molar-refractivity contribution < 1.29 is 14.3 Å². The van der Waals surface area contributed by atoms with Crippen LogP contribution >= 0.6 is 27.3 Å². The van der Waals surface area contributed by atoms with Crippen LogP contribution in [0.3, 0.4) is 0 Å². The van der Waals surface area contributed by atoms with Crippen molar-refractivity contribution in [3.63, 3.8) is 0 Å². The highest BCUT2D eigenvalue weighted by atomic mass is 79.9. The minimum absolute atomic E-state index is 0.0413. The average molecular weight is 387 g/mol. The Morgan fingerprint density at radius 2 is 2.23 bits per heavy atom. The van der Waals surface area contributed by atoms with Crippen LogP contribution in [0, 0.1) is 0 Å². The minimum Gasteiger partial charge on any atom is -0.463 e. The molecule has 0 fully saturated rings. The number of carbonyl (C=O) groups excluding carboxylic acids is 2. The molecule has 0 bridgehead atoms. The monoisotopic (exact) mass is 386 g/mol. The molecule has 22 heavy (non-hydrogen) atoms. The van der Waals surface area contributed by atoms with Crippen molar-refractivity contribution in [1.29, 1.82) is 0 Å². The van der Waals surface area contributed by atoms with Crippen molar-refractivity contribution >= 4 is 39.3 Å². The summed E-state index contributed by atoms with van der Waals surface area (Å²) in [6.07, 6.45) is 0. The van der Waals surface area contributed by atoms with Gasteiger partial charge >= 0.3 is 12.0 Å². The van der Waals surface area contributed by atoms with E-state index in [9.17, 15) is 9.59 Å². The number of ether oxygens (including phenoxy) is 1. The van der Waals surface area contributed by atoms with Gasteiger partial charge in [0.15, 0.2) is 0 Å². The molecule has 1 N–H and O–H groups in total. The topological polar surface area (TPSA) is 58.6 Å². The van der Waals surface area contributed by atoms with Crippen molar-refractivity contribution in [3.8, 4) is 0 Å². The van der Waals surface area contributed by atoms with Crippen LogP contribution in [0.25, 0.3) is 0 Å². The van der Waals surface area contributed by atoms with E-state index < -0.39 is 6.04 Å². The van der Waals surface area contributed by atoms with Crippen molar-refractivity contribution in [3.05, 3.63) is 32.1 Å². The fraction of sp³-hybridized carbons (Fsp3) is 0.467. The molecule has 1 aromatic rings. The van der Waals surface area contributed by atoms with Gasteiger partial charge in [-0.25, -0.2) is 9.59 Å². The third-order valence-corrected chi connectivity index (χ3v) is 5.17. The SMILES string of the molecule is CCOC(=O)C1=C(C)N(C(C)C)C(=O)N[C@H]1c1cc(Br)cs1. The third kappa shape index (κ3) is 3.20. The van der Waals surface area contributed by atoms with Crippen LogP contribution in [-0.2, 0) is 9.53 Å². The standard InChI is InChI=1S/C15H19BrN2O3S/c1-5-21-14(19)12-9(4)18(8(2)3)15(20)17-13(12)11-6-10(16)7-22-11/h6-8,13H,5H2,1-4H3,(H,17,20)/t13-/m0/s1. The lowest BCUT2D eigenvalue weighted by molar-refractivity contribution is -0.139. The summed E-state index contributed by atoms with van der Waals surface area (Å²) < 4.78 is 6.12. The molecule has 0 saturated carbocycles. The molecule has 1 aliphatic rings. The summed E-state index contributed by atoms with van der Waals surface area (Å²) in [6.45, 7) is 7.68. The molecule has 2 rings (SSSR count). The maximum absolute atomic E-state index is 12.4. The highest BCUT2D eigenvalue weighted by molar-refractivity contribution is 9.10. The zero-order valence-corrected chi connectivity index (χ0v) is 15.4. The number of nitrogens with one attached hydrogen (secondary N) is 1. The Kier molecular flexibility index (Phi) is 5.28. The number of hydrogen-bond acceptors (Lipinski definition) is 4. The van der Waals surface area contributed by atoms with Crippen molar-refractivity contribution in [2.24, 2.45) is 0 Å². The van der Waals surface area contributed by atoms with E-state index in [-0.39, 0.29) is 18.0 Å². The van der Waals surface area contributed by atoms with Crippen molar-refractivity contribution in [2.45, 2.75) is 39.8 Å². The summed E-state index contributed by atoms with van der Waals surface area (Å²) in [5.74, 6) is -0.389. The first-order valence-corrected chi connectivity index (χ1v) is 8.75. The molecular weight excluding hydrogens is 368 g/mol. The lowest BCUT2D eigenvalue weighted by Crippen LogP contribution is -2.50. The van der Waals surface area contributed by atoms with Crippen LogP contribution in [0.5, 0.6) is 0 Å². The number of nitrogens with zero attached hydrogens (tertiary/aromatic N) is 1. The van der Waals surface area contributed by atoms with Gasteiger partial charge in [0.1, 0.15) is 0 Å². The van der Waals surface area contributed by atoms with E-state index in [0.717, 1.165) is 9.35 Å². The molecular formula is C15H19BrN2O3S. The Labute approximate surface area is 142 Å². The Morgan fingerprint density at radius 1 is 1.55 bits per heavy atom. The summed E-state index contributed by atoms with van der Waals surface area (Å²) in [6, 6.07) is 1.20. The second kappa shape index (κ2) is 6.83. The summed E-state index contributed by atoms with van der Waals surface area (Å²) >= 11 is 4.89.